The van der Waals surface area contributed by atoms with Crippen LogP contribution in [-0.2, 0) is 11.3 Å². The Kier molecular flexibility index (Phi) is 6.12. The van der Waals surface area contributed by atoms with Gasteiger partial charge < -0.3 is 5.32 Å². The summed E-state index contributed by atoms with van der Waals surface area (Å²) in [4.78, 5) is 29.2. The number of thiazole rings is 1. The Morgan fingerprint density at radius 2 is 1.70 bits per heavy atom. The average molecular weight is 377 g/mol. The molecule has 0 aliphatic carbocycles. The van der Waals surface area contributed by atoms with Crippen LogP contribution >= 0.6 is 11.3 Å². The predicted octanol–water partition coefficient (Wildman–Crippen LogP) is 4.03. The third kappa shape index (κ3) is 5.36. The lowest BCUT2D eigenvalue weighted by molar-refractivity contribution is -0.111. The normalized spacial score (nSPS) is 10.7. The minimum atomic E-state index is -0.288. The van der Waals surface area contributed by atoms with Gasteiger partial charge >= 0.3 is 0 Å². The van der Waals surface area contributed by atoms with Crippen molar-refractivity contribution in [2.45, 2.75) is 13.5 Å². The number of benzene rings is 2. The van der Waals surface area contributed by atoms with Gasteiger partial charge in [0, 0.05) is 12.6 Å². The van der Waals surface area contributed by atoms with Crippen LogP contribution in [0, 0.1) is 6.92 Å². The summed E-state index contributed by atoms with van der Waals surface area (Å²) in [6.07, 6.45) is 3.17. The van der Waals surface area contributed by atoms with Gasteiger partial charge in [0.05, 0.1) is 5.69 Å². The highest BCUT2D eigenvalue weighted by Gasteiger charge is 2.15. The van der Waals surface area contributed by atoms with E-state index in [4.69, 9.17) is 0 Å². The molecule has 0 unspecified atom stereocenters. The highest BCUT2D eigenvalue weighted by Crippen LogP contribution is 2.22. The lowest BCUT2D eigenvalue weighted by atomic mass is 10.2. The van der Waals surface area contributed by atoms with Crippen LogP contribution in [-0.4, -0.2) is 16.8 Å². The third-order valence-corrected chi connectivity index (χ3v) is 4.83. The van der Waals surface area contributed by atoms with Crippen LogP contribution in [0.4, 0.5) is 5.13 Å². The lowest BCUT2D eigenvalue weighted by Gasteiger charge is -2.03. The summed E-state index contributed by atoms with van der Waals surface area (Å²) in [6.45, 7) is 2.20. The number of nitrogens with zero attached hydrogens (tertiary/aromatic N) is 1. The van der Waals surface area contributed by atoms with Crippen LogP contribution in [0.15, 0.2) is 66.7 Å². The van der Waals surface area contributed by atoms with E-state index in [9.17, 15) is 9.59 Å². The van der Waals surface area contributed by atoms with E-state index in [-0.39, 0.29) is 11.8 Å². The first-order valence-corrected chi connectivity index (χ1v) is 9.27. The molecule has 3 aromatic rings. The summed E-state index contributed by atoms with van der Waals surface area (Å²) >= 11 is 1.16. The van der Waals surface area contributed by atoms with Crippen molar-refractivity contribution in [1.82, 2.24) is 10.3 Å². The van der Waals surface area contributed by atoms with E-state index in [0.29, 0.717) is 22.2 Å². The fourth-order valence-corrected chi connectivity index (χ4v) is 3.29. The van der Waals surface area contributed by atoms with Crippen LogP contribution in [0.1, 0.15) is 26.5 Å². The SMILES string of the molecule is Cc1nc(NC(=O)/C=C/c2ccccc2)sc1C(=O)NCc1ccccc1. The first-order valence-electron chi connectivity index (χ1n) is 8.45. The molecule has 0 saturated heterocycles. The molecule has 0 saturated carbocycles. The molecule has 0 fully saturated rings. The molecule has 0 spiro atoms. The standard InChI is InChI=1S/C21H19N3O2S/c1-15-19(20(26)22-14-17-10-6-3-7-11-17)27-21(23-15)24-18(25)13-12-16-8-4-2-5-9-16/h2-13H,14H2,1H3,(H,22,26)(H,23,24,25)/b13-12+. The van der Waals surface area contributed by atoms with Gasteiger partial charge in [0.15, 0.2) is 5.13 Å². The number of anilines is 1. The number of amides is 2. The fraction of sp³-hybridized carbons (Fsp3) is 0.0952. The van der Waals surface area contributed by atoms with Crippen molar-refractivity contribution in [3.8, 4) is 0 Å². The maximum atomic E-state index is 12.4. The second-order valence-corrected chi connectivity index (χ2v) is 6.83. The van der Waals surface area contributed by atoms with Gasteiger partial charge in [-0.05, 0) is 24.1 Å². The van der Waals surface area contributed by atoms with Crippen molar-refractivity contribution in [3.63, 3.8) is 0 Å². The van der Waals surface area contributed by atoms with Crippen molar-refractivity contribution < 1.29 is 9.59 Å². The molecule has 6 heteroatoms. The molecular formula is C21H19N3O2S. The summed E-state index contributed by atoms with van der Waals surface area (Å²) in [7, 11) is 0. The first kappa shape index (κ1) is 18.5. The van der Waals surface area contributed by atoms with Gasteiger partial charge in [-0.25, -0.2) is 4.98 Å². The van der Waals surface area contributed by atoms with E-state index >= 15 is 0 Å². The zero-order valence-corrected chi connectivity index (χ0v) is 15.6. The maximum Gasteiger partial charge on any atom is 0.263 e. The minimum absolute atomic E-state index is 0.200. The topological polar surface area (TPSA) is 71.1 Å². The monoisotopic (exact) mass is 377 g/mol. The number of carbonyl (C=O) groups excluding carboxylic acids is 2. The minimum Gasteiger partial charge on any atom is -0.347 e. The summed E-state index contributed by atoms with van der Waals surface area (Å²) in [5.41, 5.74) is 2.55. The van der Waals surface area contributed by atoms with Crippen LogP contribution in [0.2, 0.25) is 0 Å². The number of aryl methyl sites for hydroxylation is 1. The number of aromatic nitrogens is 1. The summed E-state index contributed by atoms with van der Waals surface area (Å²) in [5.74, 6) is -0.488. The molecule has 0 radical (unpaired) electrons. The number of rotatable bonds is 6. The smallest absolute Gasteiger partial charge is 0.263 e. The zero-order valence-electron chi connectivity index (χ0n) is 14.8. The van der Waals surface area contributed by atoms with E-state index in [1.54, 1.807) is 13.0 Å². The van der Waals surface area contributed by atoms with E-state index < -0.39 is 0 Å². The number of hydrogen-bond acceptors (Lipinski definition) is 4. The molecule has 1 aromatic heterocycles. The van der Waals surface area contributed by atoms with Gasteiger partial charge in [-0.2, -0.15) is 0 Å². The Morgan fingerprint density at radius 3 is 2.41 bits per heavy atom. The van der Waals surface area contributed by atoms with Gasteiger partial charge in [0.25, 0.3) is 5.91 Å². The van der Waals surface area contributed by atoms with Crippen LogP contribution in [0.5, 0.6) is 0 Å². The van der Waals surface area contributed by atoms with Gasteiger partial charge in [0.1, 0.15) is 4.88 Å². The van der Waals surface area contributed by atoms with E-state index in [0.717, 1.165) is 22.5 Å². The summed E-state index contributed by atoms with van der Waals surface area (Å²) in [6, 6.07) is 19.2. The van der Waals surface area contributed by atoms with Crippen LogP contribution in [0.3, 0.4) is 0 Å². The number of hydrogen-bond donors (Lipinski definition) is 2. The third-order valence-electron chi connectivity index (χ3n) is 3.76. The van der Waals surface area contributed by atoms with Crippen molar-refractivity contribution >= 4 is 34.4 Å². The predicted molar refractivity (Wildman–Crippen MR) is 109 cm³/mol. The van der Waals surface area contributed by atoms with Crippen molar-refractivity contribution in [3.05, 3.63) is 88.4 Å². The molecule has 2 aromatic carbocycles. The highest BCUT2D eigenvalue weighted by molar-refractivity contribution is 7.17. The molecule has 0 bridgehead atoms. The van der Waals surface area contributed by atoms with Gasteiger partial charge in [-0.1, -0.05) is 72.0 Å². The molecular weight excluding hydrogens is 358 g/mol. The van der Waals surface area contributed by atoms with Gasteiger partial charge in [-0.3, -0.25) is 14.9 Å². The first-order chi connectivity index (χ1) is 13.1. The summed E-state index contributed by atoms with van der Waals surface area (Å²) in [5, 5.41) is 5.98. The highest BCUT2D eigenvalue weighted by atomic mass is 32.1. The van der Waals surface area contributed by atoms with E-state index in [1.807, 2.05) is 60.7 Å². The molecule has 1 heterocycles. The molecule has 3 rings (SSSR count). The lowest BCUT2D eigenvalue weighted by Crippen LogP contribution is -2.22. The summed E-state index contributed by atoms with van der Waals surface area (Å²) < 4.78 is 0. The largest absolute Gasteiger partial charge is 0.347 e. The molecule has 2 amide bonds. The second kappa shape index (κ2) is 8.91. The number of nitrogens with one attached hydrogen (secondary N) is 2. The molecule has 27 heavy (non-hydrogen) atoms. The molecule has 2 N–H and O–H groups in total. The maximum absolute atomic E-state index is 12.4. The molecule has 0 aliphatic rings. The van der Waals surface area contributed by atoms with Gasteiger partial charge in [0.2, 0.25) is 5.91 Å². The van der Waals surface area contributed by atoms with E-state index in [2.05, 4.69) is 15.6 Å². The van der Waals surface area contributed by atoms with Crippen LogP contribution in [0.25, 0.3) is 6.08 Å². The van der Waals surface area contributed by atoms with Crippen molar-refractivity contribution in [1.29, 1.82) is 0 Å². The average Bonchev–Trinajstić information content (AvgIpc) is 3.06. The number of carbonyl (C=O) groups is 2. The fourth-order valence-electron chi connectivity index (χ4n) is 2.40. The Labute approximate surface area is 161 Å². The molecule has 0 atom stereocenters. The van der Waals surface area contributed by atoms with E-state index in [1.165, 1.54) is 6.08 Å². The zero-order chi connectivity index (χ0) is 19.1. The van der Waals surface area contributed by atoms with Crippen LogP contribution < -0.4 is 10.6 Å². The second-order valence-electron chi connectivity index (χ2n) is 5.84. The molecule has 0 aliphatic heterocycles. The Hall–Kier alpha value is -3.25. The quantitative estimate of drug-likeness (QED) is 0.637. The van der Waals surface area contributed by atoms with Crippen molar-refractivity contribution in [2.75, 3.05) is 5.32 Å². The Morgan fingerprint density at radius 1 is 1.04 bits per heavy atom. The Bertz CT molecular complexity index is 950. The van der Waals surface area contributed by atoms with Gasteiger partial charge in [-0.15, -0.1) is 0 Å². The van der Waals surface area contributed by atoms with Crippen molar-refractivity contribution in [2.24, 2.45) is 0 Å². The molecule has 5 nitrogen and oxygen atoms in total. The molecule has 136 valence electrons. The Balaban J connectivity index is 1.59.